The molecule has 1 saturated heterocycles. The molecule has 0 atom stereocenters. The molecule has 32 heavy (non-hydrogen) atoms. The highest BCUT2D eigenvalue weighted by Gasteiger charge is 2.32. The summed E-state index contributed by atoms with van der Waals surface area (Å²) in [6, 6.07) is 1.41. The van der Waals surface area contributed by atoms with Gasteiger partial charge in [0.25, 0.3) is 11.8 Å². The van der Waals surface area contributed by atoms with Crippen molar-refractivity contribution in [1.82, 2.24) is 15.6 Å². The molecule has 1 saturated carbocycles. The molecule has 2 aliphatic rings. The van der Waals surface area contributed by atoms with Crippen LogP contribution in [0.5, 0.6) is 0 Å². The molecule has 4 rings (SSSR count). The number of carbonyl (C=O) groups excluding carboxylic acids is 2. The second kappa shape index (κ2) is 9.74. The lowest BCUT2D eigenvalue weighted by atomic mass is 10.1. The number of nitrogens with one attached hydrogen (secondary N) is 2. The molecule has 2 N–H and O–H groups in total. The number of anilines is 1. The third-order valence-electron chi connectivity index (χ3n) is 5.73. The van der Waals surface area contributed by atoms with Crippen LogP contribution in [0.1, 0.15) is 48.5 Å². The van der Waals surface area contributed by atoms with Gasteiger partial charge >= 0.3 is 6.09 Å². The zero-order valence-electron chi connectivity index (χ0n) is 18.0. The number of hydrogen-bond acceptors (Lipinski definition) is 6. The summed E-state index contributed by atoms with van der Waals surface area (Å²) in [6.45, 7) is 2.55. The Kier molecular flexibility index (Phi) is 7.44. The van der Waals surface area contributed by atoms with Gasteiger partial charge in [0, 0.05) is 57.4 Å². The summed E-state index contributed by atoms with van der Waals surface area (Å²) in [5.41, 5.74) is 0.446. The third kappa shape index (κ3) is 5.40. The second-order valence-electron chi connectivity index (χ2n) is 8.24. The van der Waals surface area contributed by atoms with Gasteiger partial charge < -0.3 is 20.3 Å². The first kappa shape index (κ1) is 24.4. The number of carbonyl (C=O) groups is 2. The van der Waals surface area contributed by atoms with Crippen LogP contribution in [0.3, 0.4) is 0 Å². The lowest BCUT2D eigenvalue weighted by molar-refractivity contribution is 0.0192. The van der Waals surface area contributed by atoms with Gasteiger partial charge in [-0.2, -0.15) is 0 Å². The van der Waals surface area contributed by atoms with Crippen molar-refractivity contribution in [3.63, 3.8) is 0 Å². The molecule has 1 aliphatic carbocycles. The molecular weight excluding hydrogens is 462 g/mol. The lowest BCUT2D eigenvalue weighted by Crippen LogP contribution is -2.40. The number of rotatable bonds is 6. The quantitative estimate of drug-likeness (QED) is 0.633. The Morgan fingerprint density at radius 3 is 2.56 bits per heavy atom. The van der Waals surface area contributed by atoms with Gasteiger partial charge in [0.2, 0.25) is 0 Å². The highest BCUT2D eigenvalue weighted by molar-refractivity contribution is 7.17. The minimum Gasteiger partial charge on any atom is -0.446 e. The van der Waals surface area contributed by atoms with E-state index in [9.17, 15) is 18.4 Å². The van der Waals surface area contributed by atoms with E-state index in [2.05, 4.69) is 15.6 Å². The molecule has 11 heteroatoms. The number of alkyl carbamates (subject to hydrolysis) is 1. The van der Waals surface area contributed by atoms with Crippen molar-refractivity contribution in [2.75, 3.05) is 31.6 Å². The van der Waals surface area contributed by atoms with Crippen LogP contribution in [0.15, 0.2) is 11.4 Å². The van der Waals surface area contributed by atoms with E-state index in [4.69, 9.17) is 4.74 Å². The zero-order valence-corrected chi connectivity index (χ0v) is 19.6. The van der Waals surface area contributed by atoms with E-state index in [-0.39, 0.29) is 35.5 Å². The molecule has 0 unspecified atom stereocenters. The normalized spacial score (nSPS) is 17.1. The highest BCUT2D eigenvalue weighted by Crippen LogP contribution is 2.39. The van der Waals surface area contributed by atoms with Crippen molar-refractivity contribution in [3.05, 3.63) is 22.6 Å². The first-order valence-corrected chi connectivity index (χ1v) is 11.4. The van der Waals surface area contributed by atoms with Crippen LogP contribution in [0.2, 0.25) is 0 Å². The topological polar surface area (TPSA) is 83.6 Å². The molecule has 0 bridgehead atoms. The maximum absolute atomic E-state index is 14.4. The van der Waals surface area contributed by atoms with Crippen molar-refractivity contribution >= 4 is 51.8 Å². The van der Waals surface area contributed by atoms with Crippen LogP contribution >= 0.6 is 23.7 Å². The number of fused-ring (bicyclic) bond motifs is 1. The maximum atomic E-state index is 14.4. The number of thiophene rings is 1. The molecule has 2 amide bonds. The smallest absolute Gasteiger partial charge is 0.407 e. The van der Waals surface area contributed by atoms with Crippen molar-refractivity contribution in [2.45, 2.75) is 44.6 Å². The SMILES string of the molecule is CNC(=O)c1csc2c(C(C)(F)F)cc(N3CCC(OC(=O)NCC4CC4)CC3)nc12.Cl. The molecule has 2 aromatic heterocycles. The molecule has 2 fully saturated rings. The summed E-state index contributed by atoms with van der Waals surface area (Å²) in [6.07, 6.45) is 2.86. The van der Waals surface area contributed by atoms with Crippen molar-refractivity contribution in [3.8, 4) is 0 Å². The summed E-state index contributed by atoms with van der Waals surface area (Å²) in [4.78, 5) is 30.6. The number of alkyl halides is 2. The van der Waals surface area contributed by atoms with Gasteiger partial charge in [-0.05, 0) is 24.8 Å². The van der Waals surface area contributed by atoms with E-state index in [0.29, 0.717) is 54.5 Å². The number of hydrogen-bond donors (Lipinski definition) is 2. The van der Waals surface area contributed by atoms with Crippen LogP contribution in [0, 0.1) is 5.92 Å². The standard InChI is InChI=1S/C21H26F2N4O3S.ClH/c1-21(22,23)15-9-16(26-17-14(19(28)24-2)11-31-18(15)17)27-7-5-13(6-8-27)30-20(29)25-10-12-3-4-12;/h9,11-13H,3-8,10H2,1-2H3,(H,24,28)(H,25,29);1H. The van der Waals surface area contributed by atoms with Crippen molar-refractivity contribution in [2.24, 2.45) is 5.92 Å². The number of ether oxygens (including phenoxy) is 1. The Morgan fingerprint density at radius 2 is 1.97 bits per heavy atom. The predicted octanol–water partition coefficient (Wildman–Crippen LogP) is 4.29. The number of piperidine rings is 1. The third-order valence-corrected chi connectivity index (χ3v) is 6.73. The van der Waals surface area contributed by atoms with Crippen LogP contribution in [-0.2, 0) is 10.7 Å². The fourth-order valence-electron chi connectivity index (χ4n) is 3.72. The van der Waals surface area contributed by atoms with E-state index >= 15 is 0 Å². The summed E-state index contributed by atoms with van der Waals surface area (Å²) in [7, 11) is 1.50. The van der Waals surface area contributed by atoms with Crippen LogP contribution in [0.25, 0.3) is 10.2 Å². The summed E-state index contributed by atoms with van der Waals surface area (Å²) >= 11 is 1.10. The van der Waals surface area contributed by atoms with E-state index in [1.165, 1.54) is 13.1 Å². The fourth-order valence-corrected chi connectivity index (χ4v) is 4.81. The Bertz CT molecular complexity index is 985. The minimum absolute atomic E-state index is 0. The molecule has 176 valence electrons. The van der Waals surface area contributed by atoms with E-state index < -0.39 is 12.0 Å². The largest absolute Gasteiger partial charge is 0.446 e. The number of aromatic nitrogens is 1. The Labute approximate surface area is 195 Å². The first-order valence-electron chi connectivity index (χ1n) is 10.5. The van der Waals surface area contributed by atoms with Gasteiger partial charge in [0.1, 0.15) is 11.9 Å². The average Bonchev–Trinajstić information content (AvgIpc) is 3.48. The van der Waals surface area contributed by atoms with Gasteiger partial charge in [-0.15, -0.1) is 23.7 Å². The first-order chi connectivity index (χ1) is 14.8. The van der Waals surface area contributed by atoms with E-state index in [1.54, 1.807) is 5.38 Å². The van der Waals surface area contributed by atoms with Crippen LogP contribution < -0.4 is 15.5 Å². The summed E-state index contributed by atoms with van der Waals surface area (Å²) in [5, 5.41) is 6.89. The number of nitrogens with zero attached hydrogens (tertiary/aromatic N) is 2. The molecule has 2 aromatic rings. The summed E-state index contributed by atoms with van der Waals surface area (Å²) < 4.78 is 34.5. The molecule has 0 radical (unpaired) electrons. The van der Waals surface area contributed by atoms with Crippen LogP contribution in [0.4, 0.5) is 19.4 Å². The van der Waals surface area contributed by atoms with Gasteiger partial charge in [-0.25, -0.2) is 18.6 Å². The number of amides is 2. The number of pyridine rings is 1. The molecule has 0 spiro atoms. The second-order valence-corrected chi connectivity index (χ2v) is 9.12. The van der Waals surface area contributed by atoms with E-state index in [1.807, 2.05) is 4.90 Å². The van der Waals surface area contributed by atoms with Gasteiger partial charge in [-0.1, -0.05) is 0 Å². The van der Waals surface area contributed by atoms with E-state index in [0.717, 1.165) is 31.1 Å². The van der Waals surface area contributed by atoms with Gasteiger partial charge in [-0.3, -0.25) is 4.79 Å². The average molecular weight is 489 g/mol. The molecular formula is C21H27ClF2N4O3S. The Balaban J connectivity index is 0.00000289. The molecule has 3 heterocycles. The van der Waals surface area contributed by atoms with Crippen LogP contribution in [-0.4, -0.2) is 49.8 Å². The Morgan fingerprint density at radius 1 is 1.28 bits per heavy atom. The minimum atomic E-state index is -3.07. The monoisotopic (exact) mass is 488 g/mol. The predicted molar refractivity (Wildman–Crippen MR) is 122 cm³/mol. The molecule has 1 aliphatic heterocycles. The van der Waals surface area contributed by atoms with Gasteiger partial charge in [0.15, 0.2) is 0 Å². The van der Waals surface area contributed by atoms with Gasteiger partial charge in [0.05, 0.1) is 15.8 Å². The summed E-state index contributed by atoms with van der Waals surface area (Å²) in [5.74, 6) is -2.44. The zero-order chi connectivity index (χ0) is 22.2. The highest BCUT2D eigenvalue weighted by atomic mass is 35.5. The van der Waals surface area contributed by atoms with Crippen molar-refractivity contribution < 1.29 is 23.1 Å². The fraction of sp³-hybridized carbons (Fsp3) is 0.571. The maximum Gasteiger partial charge on any atom is 0.407 e. The van der Waals surface area contributed by atoms with Crippen molar-refractivity contribution in [1.29, 1.82) is 0 Å². The molecule has 0 aromatic carbocycles. The molecule has 7 nitrogen and oxygen atoms in total. The lowest BCUT2D eigenvalue weighted by Gasteiger charge is -2.33. The number of halogens is 3. The Hall–Kier alpha value is -2.20.